The summed E-state index contributed by atoms with van der Waals surface area (Å²) in [6.07, 6.45) is 7.47. The molecule has 1 amide bonds. The second-order valence-electron chi connectivity index (χ2n) is 5.89. The maximum atomic E-state index is 12.2. The molecule has 0 unspecified atom stereocenters. The van der Waals surface area contributed by atoms with Crippen molar-refractivity contribution in [1.29, 1.82) is 0 Å². The molecular weight excluding hydrogens is 326 g/mol. The van der Waals surface area contributed by atoms with Crippen LogP contribution in [0.15, 0.2) is 18.2 Å². The second kappa shape index (κ2) is 11.9. The Morgan fingerprint density at radius 3 is 2.50 bits per heavy atom. The summed E-state index contributed by atoms with van der Waals surface area (Å²) < 4.78 is 5.17. The van der Waals surface area contributed by atoms with Gasteiger partial charge in [-0.05, 0) is 24.6 Å². The van der Waals surface area contributed by atoms with Crippen molar-refractivity contribution >= 4 is 23.3 Å². The molecule has 0 saturated heterocycles. The molecule has 0 aromatic heterocycles. The predicted octanol–water partition coefficient (Wildman–Crippen LogP) is 4.79. The Kier molecular flexibility index (Phi) is 10.2. The average molecular weight is 354 g/mol. The summed E-state index contributed by atoms with van der Waals surface area (Å²) in [6, 6.07) is 4.91. The Labute approximate surface area is 149 Å². The van der Waals surface area contributed by atoms with Gasteiger partial charge in [0.1, 0.15) is 5.75 Å². The van der Waals surface area contributed by atoms with Crippen molar-refractivity contribution in [3.63, 3.8) is 0 Å². The first-order valence-corrected chi connectivity index (χ1v) is 9.09. The normalized spacial score (nSPS) is 10.5. The summed E-state index contributed by atoms with van der Waals surface area (Å²) in [5, 5.41) is 3.35. The summed E-state index contributed by atoms with van der Waals surface area (Å²) in [5.41, 5.74) is 0.425. The Morgan fingerprint density at radius 2 is 1.79 bits per heavy atom. The first-order chi connectivity index (χ1) is 11.6. The largest absolute Gasteiger partial charge is 0.496 e. The molecule has 0 aliphatic heterocycles. The molecule has 0 aliphatic rings. The number of benzene rings is 1. The fourth-order valence-electron chi connectivity index (χ4n) is 2.48. The standard InChI is InChI=1S/C19H28ClNO3/c1-3-4-5-6-7-8-13-21-19(23)12-10-17(22)16-14-15(20)9-11-18(16)24-2/h9,11,14H,3-8,10,12-13H2,1-2H3,(H,21,23). The highest BCUT2D eigenvalue weighted by Crippen LogP contribution is 2.24. The van der Waals surface area contributed by atoms with Gasteiger partial charge in [-0.25, -0.2) is 0 Å². The van der Waals surface area contributed by atoms with Crippen LogP contribution in [0.1, 0.15) is 68.6 Å². The summed E-state index contributed by atoms with van der Waals surface area (Å²) in [7, 11) is 1.51. The van der Waals surface area contributed by atoms with Crippen molar-refractivity contribution in [1.82, 2.24) is 5.32 Å². The minimum absolute atomic E-state index is 0.0853. The molecule has 0 bridgehead atoms. The van der Waals surface area contributed by atoms with E-state index in [1.807, 2.05) is 0 Å². The van der Waals surface area contributed by atoms with E-state index in [2.05, 4.69) is 12.2 Å². The Balaban J connectivity index is 2.27. The number of hydrogen-bond acceptors (Lipinski definition) is 3. The second-order valence-corrected chi connectivity index (χ2v) is 6.32. The van der Waals surface area contributed by atoms with Crippen molar-refractivity contribution in [2.75, 3.05) is 13.7 Å². The van der Waals surface area contributed by atoms with Gasteiger partial charge < -0.3 is 10.1 Å². The minimum atomic E-state index is -0.135. The highest BCUT2D eigenvalue weighted by molar-refractivity contribution is 6.31. The number of methoxy groups -OCH3 is 1. The lowest BCUT2D eigenvalue weighted by molar-refractivity contribution is -0.121. The smallest absolute Gasteiger partial charge is 0.220 e. The molecule has 1 rings (SSSR count). The Morgan fingerprint density at radius 1 is 1.08 bits per heavy atom. The molecule has 0 atom stereocenters. The van der Waals surface area contributed by atoms with Crippen molar-refractivity contribution in [2.24, 2.45) is 0 Å². The molecule has 1 N–H and O–H groups in total. The number of halogens is 1. The van der Waals surface area contributed by atoms with E-state index in [1.54, 1.807) is 18.2 Å². The zero-order chi connectivity index (χ0) is 17.8. The van der Waals surface area contributed by atoms with Gasteiger partial charge in [-0.15, -0.1) is 0 Å². The van der Waals surface area contributed by atoms with Gasteiger partial charge in [0.25, 0.3) is 0 Å². The lowest BCUT2D eigenvalue weighted by Gasteiger charge is -2.08. The van der Waals surface area contributed by atoms with Crippen molar-refractivity contribution in [3.8, 4) is 5.75 Å². The van der Waals surface area contributed by atoms with Gasteiger partial charge in [-0.2, -0.15) is 0 Å². The molecule has 0 saturated carbocycles. The summed E-state index contributed by atoms with van der Waals surface area (Å²) in [5.74, 6) is 0.263. The lowest BCUT2D eigenvalue weighted by atomic mass is 10.1. The number of rotatable bonds is 12. The van der Waals surface area contributed by atoms with E-state index in [1.165, 1.54) is 32.8 Å². The third kappa shape index (κ3) is 7.82. The number of nitrogens with one attached hydrogen (secondary N) is 1. The van der Waals surface area contributed by atoms with Crippen LogP contribution < -0.4 is 10.1 Å². The van der Waals surface area contributed by atoms with Crippen LogP contribution >= 0.6 is 11.6 Å². The summed E-state index contributed by atoms with van der Waals surface area (Å²) in [4.78, 5) is 24.1. The molecule has 134 valence electrons. The topological polar surface area (TPSA) is 55.4 Å². The van der Waals surface area contributed by atoms with E-state index < -0.39 is 0 Å². The quantitative estimate of drug-likeness (QED) is 0.434. The molecule has 4 nitrogen and oxygen atoms in total. The molecule has 0 radical (unpaired) electrons. The van der Waals surface area contributed by atoms with Crippen LogP contribution in [-0.2, 0) is 4.79 Å². The molecule has 0 aliphatic carbocycles. The number of unbranched alkanes of at least 4 members (excludes halogenated alkanes) is 5. The van der Waals surface area contributed by atoms with Gasteiger partial charge >= 0.3 is 0 Å². The number of ketones is 1. The molecule has 5 heteroatoms. The van der Waals surface area contributed by atoms with E-state index in [0.29, 0.717) is 22.9 Å². The summed E-state index contributed by atoms with van der Waals surface area (Å²) >= 11 is 5.92. The van der Waals surface area contributed by atoms with Gasteiger partial charge in [-0.1, -0.05) is 50.6 Å². The zero-order valence-corrected chi connectivity index (χ0v) is 15.5. The zero-order valence-electron chi connectivity index (χ0n) is 14.7. The van der Waals surface area contributed by atoms with Crippen molar-refractivity contribution < 1.29 is 14.3 Å². The van der Waals surface area contributed by atoms with Crippen LogP contribution in [-0.4, -0.2) is 25.3 Å². The molecule has 1 aromatic rings. The molecule has 24 heavy (non-hydrogen) atoms. The number of carbonyl (C=O) groups excluding carboxylic acids is 2. The summed E-state index contributed by atoms with van der Waals surface area (Å²) in [6.45, 7) is 2.88. The van der Waals surface area contributed by atoms with Crippen LogP contribution in [0.2, 0.25) is 5.02 Å². The van der Waals surface area contributed by atoms with Crippen LogP contribution in [0.4, 0.5) is 0 Å². The SMILES string of the molecule is CCCCCCCCNC(=O)CCC(=O)c1cc(Cl)ccc1OC. The third-order valence-electron chi connectivity index (χ3n) is 3.89. The van der Waals surface area contributed by atoms with E-state index in [4.69, 9.17) is 16.3 Å². The van der Waals surface area contributed by atoms with Crippen LogP contribution in [0.25, 0.3) is 0 Å². The molecule has 0 heterocycles. The van der Waals surface area contributed by atoms with Gasteiger partial charge in [0.2, 0.25) is 5.91 Å². The fraction of sp³-hybridized carbons (Fsp3) is 0.579. The number of amides is 1. The number of Topliss-reactive ketones (excluding diaryl/α,β-unsaturated/α-hetero) is 1. The molecule has 1 aromatic carbocycles. The number of hydrogen-bond donors (Lipinski definition) is 1. The fourth-order valence-corrected chi connectivity index (χ4v) is 2.65. The first kappa shape index (κ1) is 20.5. The third-order valence-corrected chi connectivity index (χ3v) is 4.13. The highest BCUT2D eigenvalue weighted by Gasteiger charge is 2.14. The molecule has 0 spiro atoms. The molecule has 0 fully saturated rings. The van der Waals surface area contributed by atoms with E-state index >= 15 is 0 Å². The lowest BCUT2D eigenvalue weighted by Crippen LogP contribution is -2.24. The van der Waals surface area contributed by atoms with Crippen molar-refractivity contribution in [3.05, 3.63) is 28.8 Å². The van der Waals surface area contributed by atoms with E-state index in [0.717, 1.165) is 12.8 Å². The first-order valence-electron chi connectivity index (χ1n) is 8.72. The number of carbonyl (C=O) groups is 2. The van der Waals surface area contributed by atoms with E-state index in [9.17, 15) is 9.59 Å². The van der Waals surface area contributed by atoms with Crippen LogP contribution in [0, 0.1) is 0 Å². The van der Waals surface area contributed by atoms with Crippen LogP contribution in [0.3, 0.4) is 0 Å². The predicted molar refractivity (Wildman–Crippen MR) is 98.0 cm³/mol. The Hall–Kier alpha value is -1.55. The van der Waals surface area contributed by atoms with Gasteiger partial charge in [0.05, 0.1) is 12.7 Å². The minimum Gasteiger partial charge on any atom is -0.496 e. The maximum Gasteiger partial charge on any atom is 0.220 e. The van der Waals surface area contributed by atoms with Gasteiger partial charge in [-0.3, -0.25) is 9.59 Å². The average Bonchev–Trinajstić information content (AvgIpc) is 2.58. The van der Waals surface area contributed by atoms with Gasteiger partial charge in [0.15, 0.2) is 5.78 Å². The number of ether oxygens (including phenoxy) is 1. The highest BCUT2D eigenvalue weighted by atomic mass is 35.5. The van der Waals surface area contributed by atoms with E-state index in [-0.39, 0.29) is 24.5 Å². The monoisotopic (exact) mass is 353 g/mol. The van der Waals surface area contributed by atoms with Crippen molar-refractivity contribution in [2.45, 2.75) is 58.3 Å². The van der Waals surface area contributed by atoms with Gasteiger partial charge in [0, 0.05) is 24.4 Å². The Bertz CT molecular complexity index is 531. The maximum absolute atomic E-state index is 12.2. The van der Waals surface area contributed by atoms with Crippen LogP contribution in [0.5, 0.6) is 5.75 Å². The molecular formula is C19H28ClNO3.